The molecule has 0 bridgehead atoms. The minimum absolute atomic E-state index is 0.177. The molecule has 2 aromatic carbocycles. The molecule has 6 nitrogen and oxygen atoms in total. The number of hydrogen-bond donors (Lipinski definition) is 1. The molecule has 0 spiro atoms. The fourth-order valence-corrected chi connectivity index (χ4v) is 3.71. The van der Waals surface area contributed by atoms with Crippen LogP contribution in [-0.2, 0) is 10.4 Å². The molecule has 1 aliphatic heterocycles. The zero-order chi connectivity index (χ0) is 21.3. The van der Waals surface area contributed by atoms with Crippen molar-refractivity contribution in [3.05, 3.63) is 84.6 Å². The van der Waals surface area contributed by atoms with E-state index < -0.39 is 5.67 Å². The van der Waals surface area contributed by atoms with E-state index in [0.717, 1.165) is 22.2 Å². The molecule has 31 heavy (non-hydrogen) atoms. The van der Waals surface area contributed by atoms with Gasteiger partial charge in [0.1, 0.15) is 17.3 Å². The minimum atomic E-state index is -1.60. The zero-order valence-corrected chi connectivity index (χ0v) is 16.8. The largest absolute Gasteiger partial charge is 0.437 e. The molecule has 0 saturated carbocycles. The van der Waals surface area contributed by atoms with E-state index in [1.54, 1.807) is 12.1 Å². The van der Waals surface area contributed by atoms with E-state index in [-0.39, 0.29) is 24.4 Å². The molecule has 0 aliphatic carbocycles. The van der Waals surface area contributed by atoms with Crippen molar-refractivity contribution in [2.24, 2.45) is 0 Å². The maximum absolute atomic E-state index is 15.4. The Bertz CT molecular complexity index is 1200. The summed E-state index contributed by atoms with van der Waals surface area (Å²) in [6.45, 7) is 4.87. The predicted octanol–water partition coefficient (Wildman–Crippen LogP) is 5.18. The van der Waals surface area contributed by atoms with Gasteiger partial charge < -0.3 is 14.5 Å². The molecular formula is C24H21FN4O2. The van der Waals surface area contributed by atoms with E-state index >= 15 is 4.39 Å². The number of aromatic amines is 1. The van der Waals surface area contributed by atoms with Crippen LogP contribution in [0.4, 0.5) is 4.39 Å². The highest BCUT2D eigenvalue weighted by Crippen LogP contribution is 2.40. The van der Waals surface area contributed by atoms with Crippen molar-refractivity contribution in [3.63, 3.8) is 0 Å². The SMILES string of the molecule is C=C(c1ccc(Oc2nccnc2C2(F)CCOCC2)cc1)c1nc2ccccc2[nH]1. The van der Waals surface area contributed by atoms with Crippen LogP contribution in [0, 0.1) is 0 Å². The molecule has 0 amide bonds. The number of ether oxygens (including phenoxy) is 2. The summed E-state index contributed by atoms with van der Waals surface area (Å²) >= 11 is 0. The lowest BCUT2D eigenvalue weighted by atomic mass is 9.92. The van der Waals surface area contributed by atoms with Gasteiger partial charge in [0.25, 0.3) is 0 Å². The molecule has 5 rings (SSSR count). The maximum atomic E-state index is 15.4. The summed E-state index contributed by atoms with van der Waals surface area (Å²) < 4.78 is 26.6. The average Bonchev–Trinajstić information content (AvgIpc) is 3.24. The Labute approximate surface area is 178 Å². The number of imidazole rings is 1. The highest BCUT2D eigenvalue weighted by molar-refractivity contribution is 5.82. The van der Waals surface area contributed by atoms with Crippen LogP contribution in [0.5, 0.6) is 11.6 Å². The second kappa shape index (κ2) is 7.92. The topological polar surface area (TPSA) is 72.9 Å². The molecule has 1 fully saturated rings. The molecule has 0 radical (unpaired) electrons. The van der Waals surface area contributed by atoms with Crippen LogP contribution in [0.2, 0.25) is 0 Å². The van der Waals surface area contributed by atoms with Crippen molar-refractivity contribution >= 4 is 16.6 Å². The highest BCUT2D eigenvalue weighted by Gasteiger charge is 2.39. The average molecular weight is 416 g/mol. The molecule has 1 saturated heterocycles. The molecule has 156 valence electrons. The normalized spacial score (nSPS) is 15.6. The van der Waals surface area contributed by atoms with Crippen LogP contribution in [-0.4, -0.2) is 33.1 Å². The van der Waals surface area contributed by atoms with Crippen LogP contribution >= 0.6 is 0 Å². The number of halogens is 1. The number of aromatic nitrogens is 4. The number of rotatable bonds is 5. The first-order chi connectivity index (χ1) is 15.1. The second-order valence-electron chi connectivity index (χ2n) is 7.50. The first-order valence-electron chi connectivity index (χ1n) is 10.1. The van der Waals surface area contributed by atoms with Crippen molar-refractivity contribution in [3.8, 4) is 11.6 Å². The van der Waals surface area contributed by atoms with Gasteiger partial charge in [-0.1, -0.05) is 30.8 Å². The lowest BCUT2D eigenvalue weighted by Crippen LogP contribution is -2.30. The van der Waals surface area contributed by atoms with Crippen LogP contribution in [0.1, 0.15) is 29.9 Å². The summed E-state index contributed by atoms with van der Waals surface area (Å²) in [5.41, 5.74) is 2.14. The third kappa shape index (κ3) is 3.80. The van der Waals surface area contributed by atoms with Crippen LogP contribution < -0.4 is 4.74 Å². The first kappa shape index (κ1) is 19.4. The number of hydrogen-bond acceptors (Lipinski definition) is 5. The Hall–Kier alpha value is -3.58. The Balaban J connectivity index is 1.37. The number of fused-ring (bicyclic) bond motifs is 1. The number of H-pyrrole nitrogens is 1. The number of nitrogens with zero attached hydrogens (tertiary/aromatic N) is 3. The van der Waals surface area contributed by atoms with E-state index in [9.17, 15) is 0 Å². The van der Waals surface area contributed by atoms with Crippen molar-refractivity contribution in [1.29, 1.82) is 0 Å². The second-order valence-corrected chi connectivity index (χ2v) is 7.50. The Kier molecular flexibility index (Phi) is 4.95. The summed E-state index contributed by atoms with van der Waals surface area (Å²) in [5.74, 6) is 1.43. The van der Waals surface area contributed by atoms with Gasteiger partial charge in [-0.2, -0.15) is 0 Å². The molecule has 0 atom stereocenters. The van der Waals surface area contributed by atoms with Gasteiger partial charge in [0.2, 0.25) is 5.88 Å². The molecule has 1 aliphatic rings. The summed E-state index contributed by atoms with van der Waals surface area (Å²) in [4.78, 5) is 16.3. The molecule has 2 aromatic heterocycles. The van der Waals surface area contributed by atoms with Gasteiger partial charge in [-0.3, -0.25) is 4.98 Å². The standard InChI is InChI=1S/C24H21FN4O2/c1-16(22-28-19-4-2-3-5-20(19)29-22)17-6-8-18(9-7-17)31-23-21(26-12-13-27-23)24(25)10-14-30-15-11-24/h2-9,12-13H,1,10-11,14-15H2,(H,28,29). The Morgan fingerprint density at radius 1 is 1.03 bits per heavy atom. The molecule has 1 N–H and O–H groups in total. The molecule has 0 unspecified atom stereocenters. The van der Waals surface area contributed by atoms with Crippen molar-refractivity contribution in [1.82, 2.24) is 19.9 Å². The van der Waals surface area contributed by atoms with Gasteiger partial charge in [0.15, 0.2) is 5.67 Å². The maximum Gasteiger partial charge on any atom is 0.244 e. The fourth-order valence-electron chi connectivity index (χ4n) is 3.71. The zero-order valence-electron chi connectivity index (χ0n) is 16.8. The summed E-state index contributed by atoms with van der Waals surface area (Å²) in [7, 11) is 0. The quantitative estimate of drug-likeness (QED) is 0.485. The van der Waals surface area contributed by atoms with E-state index in [2.05, 4.69) is 26.5 Å². The fraction of sp³-hybridized carbons (Fsp3) is 0.208. The summed E-state index contributed by atoms with van der Waals surface area (Å²) in [5, 5.41) is 0. The van der Waals surface area contributed by atoms with Crippen molar-refractivity contribution in [2.45, 2.75) is 18.5 Å². The lowest BCUT2D eigenvalue weighted by Gasteiger charge is -2.29. The first-order valence-corrected chi connectivity index (χ1v) is 10.1. The molecule has 4 aromatic rings. The van der Waals surface area contributed by atoms with Gasteiger partial charge in [-0.25, -0.2) is 14.4 Å². The molecule has 7 heteroatoms. The van der Waals surface area contributed by atoms with Crippen molar-refractivity contribution in [2.75, 3.05) is 13.2 Å². The van der Waals surface area contributed by atoms with Crippen molar-refractivity contribution < 1.29 is 13.9 Å². The number of nitrogens with one attached hydrogen (secondary N) is 1. The summed E-state index contributed by atoms with van der Waals surface area (Å²) in [6, 6.07) is 15.2. The number of alkyl halides is 1. The predicted molar refractivity (Wildman–Crippen MR) is 116 cm³/mol. The van der Waals surface area contributed by atoms with Gasteiger partial charge in [0, 0.05) is 30.8 Å². The molecule has 3 heterocycles. The van der Waals surface area contributed by atoms with Gasteiger partial charge in [-0.05, 0) is 29.8 Å². The smallest absolute Gasteiger partial charge is 0.244 e. The van der Waals surface area contributed by atoms with Gasteiger partial charge >= 0.3 is 0 Å². The number of para-hydroxylation sites is 2. The van der Waals surface area contributed by atoms with E-state index in [1.807, 2.05) is 36.4 Å². The molecular weight excluding hydrogens is 395 g/mol. The third-order valence-corrected chi connectivity index (χ3v) is 5.47. The lowest BCUT2D eigenvalue weighted by molar-refractivity contribution is -0.0151. The van der Waals surface area contributed by atoms with Crippen LogP contribution in [0.25, 0.3) is 16.6 Å². The summed E-state index contributed by atoms with van der Waals surface area (Å²) in [6.07, 6.45) is 3.45. The van der Waals surface area contributed by atoms with Crippen LogP contribution in [0.3, 0.4) is 0 Å². The minimum Gasteiger partial charge on any atom is -0.437 e. The number of benzene rings is 2. The van der Waals surface area contributed by atoms with E-state index in [0.29, 0.717) is 24.8 Å². The van der Waals surface area contributed by atoms with E-state index in [1.165, 1.54) is 12.4 Å². The van der Waals surface area contributed by atoms with Crippen LogP contribution in [0.15, 0.2) is 67.5 Å². The third-order valence-electron chi connectivity index (χ3n) is 5.47. The van der Waals surface area contributed by atoms with Gasteiger partial charge in [0.05, 0.1) is 24.2 Å². The highest BCUT2D eigenvalue weighted by atomic mass is 19.1. The monoisotopic (exact) mass is 416 g/mol. The Morgan fingerprint density at radius 3 is 2.55 bits per heavy atom. The van der Waals surface area contributed by atoms with E-state index in [4.69, 9.17) is 9.47 Å². The van der Waals surface area contributed by atoms with Gasteiger partial charge in [-0.15, -0.1) is 0 Å². The Morgan fingerprint density at radius 2 is 1.77 bits per heavy atom.